The van der Waals surface area contributed by atoms with Gasteiger partial charge in [-0.05, 0) is 6.42 Å². The molecule has 3 heteroatoms. The number of carbonyl (C=O) groups excluding carboxylic acids is 1. The number of carbonyl (C=O) groups is 1. The first-order valence-corrected chi connectivity index (χ1v) is 4.58. The van der Waals surface area contributed by atoms with E-state index in [-0.39, 0.29) is 5.78 Å². The van der Waals surface area contributed by atoms with Gasteiger partial charge < -0.3 is 0 Å². The number of unbranched alkanes of at least 4 members (excludes halogenated alkanes) is 3. The molecule has 0 aliphatic rings. The fourth-order valence-corrected chi connectivity index (χ4v) is 1.04. The highest BCUT2D eigenvalue weighted by molar-refractivity contribution is 5.85. The zero-order chi connectivity index (χ0) is 10.1. The standard InChI is InChI=1S/C10H14N2O/c1-2-3-4-5-6-10(13)9(7-11)8-12/h9H,2-6H2,1H3. The van der Waals surface area contributed by atoms with E-state index in [1.807, 2.05) is 0 Å². The molecule has 0 saturated carbocycles. The summed E-state index contributed by atoms with van der Waals surface area (Å²) in [6.07, 6.45) is 4.40. The highest BCUT2D eigenvalue weighted by atomic mass is 16.1. The van der Waals surface area contributed by atoms with E-state index in [2.05, 4.69) is 6.92 Å². The van der Waals surface area contributed by atoms with Crippen LogP contribution < -0.4 is 0 Å². The molecule has 0 aromatic carbocycles. The van der Waals surface area contributed by atoms with Crippen LogP contribution in [0.15, 0.2) is 0 Å². The van der Waals surface area contributed by atoms with Crippen LogP contribution >= 0.6 is 0 Å². The van der Waals surface area contributed by atoms with Gasteiger partial charge in [0.25, 0.3) is 0 Å². The molecule has 0 aliphatic heterocycles. The number of hydrogen-bond donors (Lipinski definition) is 0. The molecule has 13 heavy (non-hydrogen) atoms. The third-order valence-corrected chi connectivity index (χ3v) is 1.86. The molecular weight excluding hydrogens is 164 g/mol. The SMILES string of the molecule is CCCCCCC(=O)C(C#N)C#N. The van der Waals surface area contributed by atoms with Crippen molar-refractivity contribution in [2.24, 2.45) is 5.92 Å². The first-order valence-electron chi connectivity index (χ1n) is 4.58. The molecule has 0 heterocycles. The molecule has 0 rings (SSSR count). The molecule has 0 saturated heterocycles. The lowest BCUT2D eigenvalue weighted by atomic mass is 10.0. The molecule has 0 aliphatic carbocycles. The number of rotatable bonds is 6. The van der Waals surface area contributed by atoms with Gasteiger partial charge in [-0.25, -0.2) is 0 Å². The van der Waals surface area contributed by atoms with Crippen LogP contribution in [0.1, 0.15) is 39.0 Å². The summed E-state index contributed by atoms with van der Waals surface area (Å²) in [5.41, 5.74) is 0. The molecule has 3 nitrogen and oxygen atoms in total. The van der Waals surface area contributed by atoms with Crippen molar-refractivity contribution in [2.45, 2.75) is 39.0 Å². The van der Waals surface area contributed by atoms with Crippen molar-refractivity contribution in [1.82, 2.24) is 0 Å². The molecular formula is C10H14N2O. The lowest BCUT2D eigenvalue weighted by molar-refractivity contribution is -0.120. The van der Waals surface area contributed by atoms with Crippen molar-refractivity contribution < 1.29 is 4.79 Å². The second-order valence-electron chi connectivity index (χ2n) is 2.97. The Morgan fingerprint density at radius 2 is 1.85 bits per heavy atom. The largest absolute Gasteiger partial charge is 0.297 e. The molecule has 0 amide bonds. The highest BCUT2D eigenvalue weighted by Gasteiger charge is 2.15. The van der Waals surface area contributed by atoms with Crippen molar-refractivity contribution in [2.75, 3.05) is 0 Å². The average molecular weight is 178 g/mol. The lowest BCUT2D eigenvalue weighted by Gasteiger charge is -1.99. The molecule has 0 aromatic heterocycles. The van der Waals surface area contributed by atoms with Gasteiger partial charge in [-0.15, -0.1) is 0 Å². The Morgan fingerprint density at radius 3 is 2.31 bits per heavy atom. The van der Waals surface area contributed by atoms with Crippen molar-refractivity contribution in [3.8, 4) is 12.1 Å². The van der Waals surface area contributed by atoms with E-state index in [0.717, 1.165) is 25.7 Å². The maximum atomic E-state index is 11.1. The fourth-order valence-electron chi connectivity index (χ4n) is 1.04. The van der Waals surface area contributed by atoms with Gasteiger partial charge in [0.05, 0.1) is 12.1 Å². The topological polar surface area (TPSA) is 64.7 Å². The second-order valence-corrected chi connectivity index (χ2v) is 2.97. The Labute approximate surface area is 79.0 Å². The summed E-state index contributed by atoms with van der Waals surface area (Å²) in [5, 5.41) is 16.8. The maximum absolute atomic E-state index is 11.1. The van der Waals surface area contributed by atoms with Crippen LogP contribution in [-0.4, -0.2) is 5.78 Å². The molecule has 0 fully saturated rings. The number of nitriles is 2. The first kappa shape index (κ1) is 11.6. The van der Waals surface area contributed by atoms with Crippen LogP contribution in [0, 0.1) is 28.6 Å². The van der Waals surface area contributed by atoms with Crippen LogP contribution in [0.25, 0.3) is 0 Å². The van der Waals surface area contributed by atoms with Crippen molar-refractivity contribution >= 4 is 5.78 Å². The summed E-state index contributed by atoms with van der Waals surface area (Å²) in [6.45, 7) is 2.09. The van der Waals surface area contributed by atoms with Crippen molar-refractivity contribution in [3.05, 3.63) is 0 Å². The van der Waals surface area contributed by atoms with Gasteiger partial charge in [-0.1, -0.05) is 26.2 Å². The molecule has 0 aromatic rings. The summed E-state index contributed by atoms with van der Waals surface area (Å²) in [6, 6.07) is 3.36. The highest BCUT2D eigenvalue weighted by Crippen LogP contribution is 2.07. The number of nitrogens with zero attached hydrogens (tertiary/aromatic N) is 2. The minimum atomic E-state index is -1.05. The Bertz CT molecular complexity index is 220. The predicted octanol–water partition coefficient (Wildman–Crippen LogP) is 2.19. The Balaban J connectivity index is 3.64. The normalized spacial score (nSPS) is 9.23. The third-order valence-electron chi connectivity index (χ3n) is 1.86. The van der Waals surface area contributed by atoms with Gasteiger partial charge in [-0.2, -0.15) is 10.5 Å². The van der Waals surface area contributed by atoms with Crippen LogP contribution in [0.3, 0.4) is 0 Å². The fraction of sp³-hybridized carbons (Fsp3) is 0.700. The van der Waals surface area contributed by atoms with Crippen LogP contribution in [0.2, 0.25) is 0 Å². The summed E-state index contributed by atoms with van der Waals surface area (Å²) < 4.78 is 0. The quantitative estimate of drug-likeness (QED) is 0.585. The monoisotopic (exact) mass is 178 g/mol. The zero-order valence-corrected chi connectivity index (χ0v) is 7.92. The Morgan fingerprint density at radius 1 is 1.23 bits per heavy atom. The van der Waals surface area contributed by atoms with E-state index in [9.17, 15) is 4.79 Å². The zero-order valence-electron chi connectivity index (χ0n) is 7.92. The van der Waals surface area contributed by atoms with E-state index < -0.39 is 5.92 Å². The Hall–Kier alpha value is -1.35. The number of Topliss-reactive ketones (excluding diaryl/α,β-unsaturated/α-hetero) is 1. The minimum Gasteiger partial charge on any atom is -0.297 e. The summed E-state index contributed by atoms with van der Waals surface area (Å²) >= 11 is 0. The summed E-state index contributed by atoms with van der Waals surface area (Å²) in [7, 11) is 0. The Kier molecular flexibility index (Phi) is 6.55. The summed E-state index contributed by atoms with van der Waals surface area (Å²) in [5.74, 6) is -1.29. The van der Waals surface area contributed by atoms with Crippen LogP contribution in [0.5, 0.6) is 0 Å². The lowest BCUT2D eigenvalue weighted by Crippen LogP contribution is -2.09. The number of ketones is 1. The van der Waals surface area contributed by atoms with E-state index >= 15 is 0 Å². The van der Waals surface area contributed by atoms with Crippen LogP contribution in [-0.2, 0) is 4.79 Å². The molecule has 0 unspecified atom stereocenters. The van der Waals surface area contributed by atoms with Crippen LogP contribution in [0.4, 0.5) is 0 Å². The maximum Gasteiger partial charge on any atom is 0.191 e. The van der Waals surface area contributed by atoms with E-state index in [4.69, 9.17) is 10.5 Å². The smallest absolute Gasteiger partial charge is 0.191 e. The molecule has 0 N–H and O–H groups in total. The van der Waals surface area contributed by atoms with E-state index in [0.29, 0.717) is 6.42 Å². The minimum absolute atomic E-state index is 0.235. The second kappa shape index (κ2) is 7.31. The first-order chi connectivity index (χ1) is 6.26. The van der Waals surface area contributed by atoms with Gasteiger partial charge in [0.2, 0.25) is 0 Å². The molecule has 0 atom stereocenters. The van der Waals surface area contributed by atoms with Gasteiger partial charge >= 0.3 is 0 Å². The predicted molar refractivity (Wildman–Crippen MR) is 48.5 cm³/mol. The van der Waals surface area contributed by atoms with E-state index in [1.54, 1.807) is 12.1 Å². The summed E-state index contributed by atoms with van der Waals surface area (Å²) in [4.78, 5) is 11.1. The molecule has 0 spiro atoms. The van der Waals surface area contributed by atoms with Crippen molar-refractivity contribution in [3.63, 3.8) is 0 Å². The third kappa shape index (κ3) is 4.98. The van der Waals surface area contributed by atoms with Gasteiger partial charge in [0.15, 0.2) is 11.7 Å². The van der Waals surface area contributed by atoms with E-state index in [1.165, 1.54) is 0 Å². The van der Waals surface area contributed by atoms with Gasteiger partial charge in [0, 0.05) is 6.42 Å². The van der Waals surface area contributed by atoms with Gasteiger partial charge in [-0.3, -0.25) is 4.79 Å². The van der Waals surface area contributed by atoms with Crippen molar-refractivity contribution in [1.29, 1.82) is 10.5 Å². The average Bonchev–Trinajstić information content (AvgIpc) is 2.14. The number of hydrogen-bond acceptors (Lipinski definition) is 3. The molecule has 0 bridgehead atoms. The van der Waals surface area contributed by atoms with Gasteiger partial charge in [0.1, 0.15) is 0 Å². The molecule has 70 valence electrons. The molecule has 0 radical (unpaired) electrons.